The van der Waals surface area contributed by atoms with E-state index < -0.39 is 164 Å². The molecule has 21 nitrogen and oxygen atoms in total. The highest BCUT2D eigenvalue weighted by molar-refractivity contribution is 6.00. The maximum Gasteiger partial charge on any atom is 0.248 e. The Bertz CT molecular complexity index is 2820. The second kappa shape index (κ2) is 28.1. The first-order valence-electron chi connectivity index (χ1n) is 28.2. The number of fused-ring (bicyclic) bond motifs is 2. The minimum absolute atomic E-state index is 0.00446. The molecule has 444 valence electrons. The molecule has 16 atom stereocenters. The van der Waals surface area contributed by atoms with E-state index in [9.17, 15) is 74.7 Å². The van der Waals surface area contributed by atoms with Crippen molar-refractivity contribution in [2.75, 3.05) is 19.7 Å². The smallest absolute Gasteiger partial charge is 0.248 e. The molecule has 4 aromatic rings. The van der Waals surface area contributed by atoms with Crippen molar-refractivity contribution in [3.63, 3.8) is 0 Å². The fourth-order valence-electron chi connectivity index (χ4n) is 11.2. The topological polar surface area (TPSA) is 336 Å². The van der Waals surface area contributed by atoms with Crippen LogP contribution in [0.2, 0.25) is 0 Å². The summed E-state index contributed by atoms with van der Waals surface area (Å²) in [6, 6.07) is 17.9. The quantitative estimate of drug-likeness (QED) is 0.0598. The Morgan fingerprint density at radius 2 is 1.24 bits per heavy atom. The van der Waals surface area contributed by atoms with Gasteiger partial charge in [-0.3, -0.25) is 33.7 Å². The molecule has 1 unspecified atom stereocenters. The lowest BCUT2D eigenvalue weighted by molar-refractivity contribution is -0.146. The molecule has 0 aliphatic carbocycles. The van der Waals surface area contributed by atoms with Gasteiger partial charge in [0.05, 0.1) is 55.3 Å². The Labute approximate surface area is 476 Å². The maximum absolute atomic E-state index is 14.5. The summed E-state index contributed by atoms with van der Waals surface area (Å²) in [6.45, 7) is 7.99. The third-order valence-electron chi connectivity index (χ3n) is 16.2. The molecule has 3 aliphatic heterocycles. The number of hydrogen-bond donors (Lipinski definition) is 12. The SMILES string of the molecule is CCCCCOc1ccc(-c2ccc(-c3ccc(C(=O)C[C@H]4C[C@@H](O)[C@@H](O)CC(=O)[C@@H]5[C@@H](O)[C@@H](C)CN5[C@H](C)[C@H]([C@@H](C)O)NC(=O)[C@H]([C@H](O)[C@@H](O)c5ccc(O)cc5)NC(=O)[C@@H]5C[C@@H](O)CN5C(=O)C([C@@H](C)O)NC4=O)cc3)cc2)cc1. The molecule has 3 aliphatic rings. The normalized spacial score (nSPS) is 28.8. The van der Waals surface area contributed by atoms with Crippen LogP contribution < -0.4 is 20.7 Å². The van der Waals surface area contributed by atoms with E-state index in [1.165, 1.54) is 36.1 Å². The van der Waals surface area contributed by atoms with Crippen molar-refractivity contribution in [3.8, 4) is 33.8 Å². The molecule has 0 aromatic heterocycles. The number of aliphatic hydroxyl groups excluding tert-OH is 8. The van der Waals surface area contributed by atoms with Crippen LogP contribution in [0.3, 0.4) is 0 Å². The average Bonchev–Trinajstić information content (AvgIpc) is 4.06. The van der Waals surface area contributed by atoms with E-state index in [0.717, 1.165) is 59.1 Å². The van der Waals surface area contributed by atoms with Gasteiger partial charge in [-0.1, -0.05) is 99.5 Å². The van der Waals surface area contributed by atoms with Crippen LogP contribution in [-0.2, 0) is 24.0 Å². The zero-order chi connectivity index (χ0) is 59.7. The molecule has 0 bridgehead atoms. The zero-order valence-corrected chi connectivity index (χ0v) is 46.8. The number of aliphatic hydroxyl groups is 8. The van der Waals surface area contributed by atoms with Gasteiger partial charge in [-0.15, -0.1) is 0 Å². The summed E-state index contributed by atoms with van der Waals surface area (Å²) in [5, 5.41) is 108. The molecule has 21 heteroatoms. The van der Waals surface area contributed by atoms with E-state index in [0.29, 0.717) is 6.61 Å². The van der Waals surface area contributed by atoms with Gasteiger partial charge in [0, 0.05) is 49.9 Å². The molecule has 12 N–H and O–H groups in total. The largest absolute Gasteiger partial charge is 0.508 e. The molecular weight excluding hydrogens is 1060 g/mol. The van der Waals surface area contributed by atoms with Crippen molar-refractivity contribution >= 4 is 35.2 Å². The lowest BCUT2D eigenvalue weighted by atomic mass is 9.88. The number of carbonyl (C=O) groups is 6. The van der Waals surface area contributed by atoms with Crippen LogP contribution in [-0.4, -0.2) is 190 Å². The summed E-state index contributed by atoms with van der Waals surface area (Å²) < 4.78 is 5.86. The highest BCUT2D eigenvalue weighted by Crippen LogP contribution is 2.32. The van der Waals surface area contributed by atoms with E-state index in [-0.39, 0.29) is 23.4 Å². The predicted molar refractivity (Wildman–Crippen MR) is 301 cm³/mol. The van der Waals surface area contributed by atoms with Gasteiger partial charge in [0.25, 0.3) is 0 Å². The molecule has 0 radical (unpaired) electrons. The maximum atomic E-state index is 14.5. The van der Waals surface area contributed by atoms with Crippen LogP contribution in [0.4, 0.5) is 0 Å². The van der Waals surface area contributed by atoms with Gasteiger partial charge in [0.2, 0.25) is 23.6 Å². The molecule has 4 amide bonds. The van der Waals surface area contributed by atoms with Crippen molar-refractivity contribution in [1.82, 2.24) is 25.8 Å². The first-order valence-corrected chi connectivity index (χ1v) is 28.2. The van der Waals surface area contributed by atoms with Crippen molar-refractivity contribution in [2.45, 2.75) is 165 Å². The monoisotopic (exact) mass is 1140 g/mol. The van der Waals surface area contributed by atoms with E-state index in [2.05, 4.69) is 22.9 Å². The molecular formula is C61H79N5O16. The fraction of sp³-hybridized carbons (Fsp3) is 0.508. The first kappa shape index (κ1) is 62.9. The number of phenols is 1. The molecule has 0 spiro atoms. The first-order chi connectivity index (χ1) is 39.0. The van der Waals surface area contributed by atoms with Crippen molar-refractivity contribution in [2.24, 2.45) is 11.8 Å². The summed E-state index contributed by atoms with van der Waals surface area (Å²) in [5.41, 5.74) is 3.77. The lowest BCUT2D eigenvalue weighted by Crippen LogP contribution is -2.64. The number of carbonyl (C=O) groups excluding carboxylic acids is 6. The molecule has 3 fully saturated rings. The van der Waals surface area contributed by atoms with Crippen LogP contribution in [0.15, 0.2) is 97.1 Å². The van der Waals surface area contributed by atoms with Gasteiger partial charge in [-0.25, -0.2) is 0 Å². The van der Waals surface area contributed by atoms with Crippen molar-refractivity contribution in [1.29, 1.82) is 0 Å². The molecule has 3 heterocycles. The Morgan fingerprint density at radius 3 is 1.82 bits per heavy atom. The van der Waals surface area contributed by atoms with Crippen LogP contribution in [0.1, 0.15) is 102 Å². The lowest BCUT2D eigenvalue weighted by Gasteiger charge is -2.39. The summed E-state index contributed by atoms with van der Waals surface area (Å²) in [7, 11) is 0. The van der Waals surface area contributed by atoms with Gasteiger partial charge < -0.3 is 71.5 Å². The van der Waals surface area contributed by atoms with Crippen LogP contribution >= 0.6 is 0 Å². The van der Waals surface area contributed by atoms with Gasteiger partial charge in [-0.2, -0.15) is 0 Å². The number of aromatic hydroxyl groups is 1. The number of phenolic OH excluding ortho intramolecular Hbond substituents is 1. The molecule has 4 aromatic carbocycles. The van der Waals surface area contributed by atoms with E-state index in [1.807, 2.05) is 48.5 Å². The van der Waals surface area contributed by atoms with Crippen LogP contribution in [0.25, 0.3) is 22.3 Å². The number of nitrogens with zero attached hydrogens (tertiary/aromatic N) is 2. The standard InChI is InChI=1S/C61H79N5O16/c1-6-7-8-25-82-45-23-19-39(20-24-45)37-11-9-36(10-12-37)38-13-15-40(16-14-38)47(71)26-42-27-48(72)49(73)29-50(74)54-55(75)32(2)30-65(54)33(3)51(34(4)67)62-60(80)53(57(77)56(76)41-17-21-43(69)22-18-41)64-59(79)46-28-44(70)31-66(46)61(81)52(35(5)68)63-58(42)78/h9-24,32-35,42,44,46,48-49,51-57,67-70,72-73,75-77H,6-8,25-31H2,1-5H3,(H,62,80)(H,63,78)(H,64,79)/t32-,33+,34+,35+,42-,44+,46-,48+,49-,51+,52?,53-,54+,55-,56-,57-/m0/s1. The number of nitrogens with one attached hydrogen (secondary N) is 3. The fourth-order valence-corrected chi connectivity index (χ4v) is 11.2. The Morgan fingerprint density at radius 1 is 0.671 bits per heavy atom. The molecule has 0 saturated carbocycles. The minimum atomic E-state index is -2.17. The highest BCUT2D eigenvalue weighted by Gasteiger charge is 2.49. The van der Waals surface area contributed by atoms with Gasteiger partial charge in [-0.05, 0) is 91.6 Å². The number of rotatable bonds is 15. The number of ketones is 2. The number of benzene rings is 4. The summed E-state index contributed by atoms with van der Waals surface area (Å²) >= 11 is 0. The Hall–Kier alpha value is -6.66. The van der Waals surface area contributed by atoms with Crippen LogP contribution in [0.5, 0.6) is 11.5 Å². The van der Waals surface area contributed by atoms with Crippen LogP contribution in [0, 0.1) is 11.8 Å². The Balaban J connectivity index is 1.18. The molecule has 7 rings (SSSR count). The average molecular weight is 1140 g/mol. The number of hydrogen-bond acceptors (Lipinski definition) is 17. The van der Waals surface area contributed by atoms with Crippen molar-refractivity contribution in [3.05, 3.63) is 108 Å². The molecule has 82 heavy (non-hydrogen) atoms. The summed E-state index contributed by atoms with van der Waals surface area (Å²) in [4.78, 5) is 88.9. The Kier molecular flexibility index (Phi) is 21.5. The van der Waals surface area contributed by atoms with Gasteiger partial charge in [0.15, 0.2) is 11.6 Å². The van der Waals surface area contributed by atoms with E-state index in [1.54, 1.807) is 38.1 Å². The molecule has 3 saturated heterocycles. The number of Topliss-reactive ketones (excluding diaryl/α,β-unsaturated/α-hetero) is 2. The van der Waals surface area contributed by atoms with Gasteiger partial charge in [0.1, 0.15) is 41.8 Å². The second-order valence-electron chi connectivity index (χ2n) is 22.4. The van der Waals surface area contributed by atoms with E-state index in [4.69, 9.17) is 4.74 Å². The second-order valence-corrected chi connectivity index (χ2v) is 22.4. The van der Waals surface area contributed by atoms with E-state index >= 15 is 0 Å². The number of amides is 4. The zero-order valence-electron chi connectivity index (χ0n) is 46.8. The van der Waals surface area contributed by atoms with Gasteiger partial charge >= 0.3 is 0 Å². The summed E-state index contributed by atoms with van der Waals surface area (Å²) in [5.74, 6) is -7.28. The number of unbranched alkanes of at least 4 members (excludes halogenated alkanes) is 2. The third-order valence-corrected chi connectivity index (χ3v) is 16.2. The number of ether oxygens (including phenoxy) is 1. The predicted octanol–water partition coefficient (Wildman–Crippen LogP) is 1.91. The minimum Gasteiger partial charge on any atom is -0.508 e. The highest BCUT2D eigenvalue weighted by atomic mass is 16.5. The van der Waals surface area contributed by atoms with Crippen molar-refractivity contribution < 1.29 is 79.5 Å². The summed E-state index contributed by atoms with van der Waals surface area (Å²) in [6.07, 6.45) is -13.0. The third kappa shape index (κ3) is 15.1.